The number of halogens is 1. The maximum absolute atomic E-state index is 12.8. The predicted molar refractivity (Wildman–Crippen MR) is 115 cm³/mol. The number of hydrogen-bond acceptors (Lipinski definition) is 3. The van der Waals surface area contributed by atoms with Gasteiger partial charge in [-0.05, 0) is 60.9 Å². The number of hydrogen-bond donors (Lipinski definition) is 4. The first kappa shape index (κ1) is 22.2. The van der Waals surface area contributed by atoms with E-state index in [-0.39, 0.29) is 23.8 Å². The van der Waals surface area contributed by atoms with Gasteiger partial charge in [-0.1, -0.05) is 25.4 Å². The summed E-state index contributed by atoms with van der Waals surface area (Å²) in [5, 5.41) is 11.2. The minimum absolute atomic E-state index is 0.204. The topological polar surface area (TPSA) is 99.3 Å². The molecule has 0 saturated carbocycles. The Balaban J connectivity index is 2.05. The standard InChI is InChI=1S/C21H25ClN4O3/c1-13(2)12-18(26-19(27)14-4-6-15(22)7-5-14)20(28)24-16-8-10-17(11-9-16)25-21(29)23-3/h4-11,13,18H,12H2,1-3H3,(H,24,28)(H,26,27)(H2,23,25,29). The molecule has 4 N–H and O–H groups in total. The zero-order chi connectivity index (χ0) is 21.4. The molecule has 0 aliphatic heterocycles. The molecule has 29 heavy (non-hydrogen) atoms. The van der Waals surface area contributed by atoms with Crippen LogP contribution in [0.15, 0.2) is 48.5 Å². The maximum atomic E-state index is 12.8. The van der Waals surface area contributed by atoms with E-state index < -0.39 is 6.04 Å². The third-order valence-electron chi connectivity index (χ3n) is 4.07. The lowest BCUT2D eigenvalue weighted by atomic mass is 10.0. The van der Waals surface area contributed by atoms with E-state index in [0.717, 1.165) is 0 Å². The van der Waals surface area contributed by atoms with E-state index in [1.165, 1.54) is 7.05 Å². The van der Waals surface area contributed by atoms with E-state index in [1.807, 2.05) is 13.8 Å². The van der Waals surface area contributed by atoms with Crippen LogP contribution < -0.4 is 21.3 Å². The van der Waals surface area contributed by atoms with Gasteiger partial charge in [0, 0.05) is 29.0 Å². The van der Waals surface area contributed by atoms with Crippen LogP contribution in [-0.4, -0.2) is 30.9 Å². The van der Waals surface area contributed by atoms with E-state index in [9.17, 15) is 14.4 Å². The minimum Gasteiger partial charge on any atom is -0.341 e. The molecule has 0 bridgehead atoms. The van der Waals surface area contributed by atoms with Crippen molar-refractivity contribution in [2.75, 3.05) is 17.7 Å². The first-order chi connectivity index (χ1) is 13.8. The van der Waals surface area contributed by atoms with Crippen LogP contribution in [0.1, 0.15) is 30.6 Å². The fraction of sp³-hybridized carbons (Fsp3) is 0.286. The van der Waals surface area contributed by atoms with E-state index in [1.54, 1.807) is 48.5 Å². The summed E-state index contributed by atoms with van der Waals surface area (Å²) in [5.74, 6) is -0.448. The third-order valence-corrected chi connectivity index (χ3v) is 4.32. The molecule has 0 spiro atoms. The molecule has 0 radical (unpaired) electrons. The van der Waals surface area contributed by atoms with Crippen molar-refractivity contribution < 1.29 is 14.4 Å². The molecule has 2 aromatic rings. The maximum Gasteiger partial charge on any atom is 0.318 e. The number of benzene rings is 2. The molecular weight excluding hydrogens is 392 g/mol. The summed E-state index contributed by atoms with van der Waals surface area (Å²) in [6.45, 7) is 3.96. The summed E-state index contributed by atoms with van der Waals surface area (Å²) < 4.78 is 0. The Hall–Kier alpha value is -3.06. The van der Waals surface area contributed by atoms with Crippen LogP contribution in [0.2, 0.25) is 5.02 Å². The monoisotopic (exact) mass is 416 g/mol. The number of carbonyl (C=O) groups excluding carboxylic acids is 3. The Morgan fingerprint density at radius 1 is 0.897 bits per heavy atom. The number of urea groups is 1. The van der Waals surface area contributed by atoms with Crippen LogP contribution in [0, 0.1) is 5.92 Å². The van der Waals surface area contributed by atoms with Gasteiger partial charge in [-0.25, -0.2) is 4.79 Å². The molecule has 0 fully saturated rings. The second-order valence-electron chi connectivity index (χ2n) is 6.93. The quantitative estimate of drug-likeness (QED) is 0.551. The molecule has 0 aliphatic carbocycles. The molecule has 154 valence electrons. The zero-order valence-corrected chi connectivity index (χ0v) is 17.3. The van der Waals surface area contributed by atoms with Crippen molar-refractivity contribution in [3.05, 3.63) is 59.1 Å². The van der Waals surface area contributed by atoms with Crippen molar-refractivity contribution in [1.29, 1.82) is 0 Å². The van der Waals surface area contributed by atoms with Crippen LogP contribution in [0.25, 0.3) is 0 Å². The highest BCUT2D eigenvalue weighted by molar-refractivity contribution is 6.30. The van der Waals surface area contributed by atoms with E-state index >= 15 is 0 Å². The normalized spacial score (nSPS) is 11.5. The summed E-state index contributed by atoms with van der Waals surface area (Å²) in [6, 6.07) is 12.2. The predicted octanol–water partition coefficient (Wildman–Crippen LogP) is 3.87. The molecule has 1 unspecified atom stereocenters. The highest BCUT2D eigenvalue weighted by Crippen LogP contribution is 2.16. The van der Waals surface area contributed by atoms with Crippen molar-refractivity contribution in [1.82, 2.24) is 10.6 Å². The number of nitrogens with one attached hydrogen (secondary N) is 4. The SMILES string of the molecule is CNC(=O)Nc1ccc(NC(=O)C(CC(C)C)NC(=O)c2ccc(Cl)cc2)cc1. The third kappa shape index (κ3) is 7.12. The number of amides is 4. The second kappa shape index (κ2) is 10.5. The highest BCUT2D eigenvalue weighted by atomic mass is 35.5. The Morgan fingerprint density at radius 3 is 1.97 bits per heavy atom. The van der Waals surface area contributed by atoms with Crippen molar-refractivity contribution in [2.24, 2.45) is 5.92 Å². The van der Waals surface area contributed by atoms with E-state index in [0.29, 0.717) is 28.4 Å². The van der Waals surface area contributed by atoms with Gasteiger partial charge in [-0.3, -0.25) is 9.59 Å². The number of carbonyl (C=O) groups is 3. The van der Waals surface area contributed by atoms with Crippen molar-refractivity contribution in [3.8, 4) is 0 Å². The van der Waals surface area contributed by atoms with Gasteiger partial charge in [0.1, 0.15) is 6.04 Å². The summed E-state index contributed by atoms with van der Waals surface area (Å²) in [7, 11) is 1.52. The van der Waals surface area contributed by atoms with Crippen molar-refractivity contribution >= 4 is 40.8 Å². The summed E-state index contributed by atoms with van der Waals surface area (Å²) in [5.41, 5.74) is 1.59. The first-order valence-electron chi connectivity index (χ1n) is 9.24. The molecule has 0 saturated heterocycles. The van der Waals surface area contributed by atoms with Gasteiger partial charge in [-0.15, -0.1) is 0 Å². The largest absolute Gasteiger partial charge is 0.341 e. The van der Waals surface area contributed by atoms with Gasteiger partial charge in [0.25, 0.3) is 5.91 Å². The number of rotatable bonds is 7. The Morgan fingerprint density at radius 2 is 1.45 bits per heavy atom. The molecule has 0 aromatic heterocycles. The molecule has 7 nitrogen and oxygen atoms in total. The van der Waals surface area contributed by atoms with Gasteiger partial charge in [0.05, 0.1) is 0 Å². The van der Waals surface area contributed by atoms with Gasteiger partial charge in [0.15, 0.2) is 0 Å². The lowest BCUT2D eigenvalue weighted by Crippen LogP contribution is -2.44. The summed E-state index contributed by atoms with van der Waals surface area (Å²) in [6.07, 6.45) is 0.488. The molecule has 0 aliphatic rings. The van der Waals surface area contributed by atoms with Gasteiger partial charge in [0.2, 0.25) is 5.91 Å². The molecular formula is C21H25ClN4O3. The van der Waals surface area contributed by atoms with E-state index in [4.69, 9.17) is 11.6 Å². The molecule has 0 heterocycles. The van der Waals surface area contributed by atoms with Crippen LogP contribution in [0.4, 0.5) is 16.2 Å². The fourth-order valence-corrected chi connectivity index (χ4v) is 2.73. The van der Waals surface area contributed by atoms with Gasteiger partial charge < -0.3 is 21.3 Å². The Bertz CT molecular complexity index is 851. The van der Waals surface area contributed by atoms with Crippen LogP contribution in [-0.2, 0) is 4.79 Å². The fourth-order valence-electron chi connectivity index (χ4n) is 2.61. The Kier molecular flexibility index (Phi) is 8.03. The van der Waals surface area contributed by atoms with Crippen molar-refractivity contribution in [2.45, 2.75) is 26.3 Å². The average Bonchev–Trinajstić information content (AvgIpc) is 2.69. The van der Waals surface area contributed by atoms with Gasteiger partial charge in [-0.2, -0.15) is 0 Å². The van der Waals surface area contributed by atoms with Crippen LogP contribution in [0.3, 0.4) is 0 Å². The van der Waals surface area contributed by atoms with Gasteiger partial charge >= 0.3 is 6.03 Å². The average molecular weight is 417 g/mol. The van der Waals surface area contributed by atoms with Crippen LogP contribution >= 0.6 is 11.6 Å². The summed E-state index contributed by atoms with van der Waals surface area (Å²) in [4.78, 5) is 36.6. The second-order valence-corrected chi connectivity index (χ2v) is 7.37. The van der Waals surface area contributed by atoms with E-state index in [2.05, 4.69) is 21.3 Å². The molecule has 4 amide bonds. The Labute approximate surface area is 175 Å². The van der Waals surface area contributed by atoms with Crippen LogP contribution in [0.5, 0.6) is 0 Å². The first-order valence-corrected chi connectivity index (χ1v) is 9.62. The zero-order valence-electron chi connectivity index (χ0n) is 16.6. The molecule has 2 aromatic carbocycles. The summed E-state index contributed by atoms with van der Waals surface area (Å²) >= 11 is 5.86. The minimum atomic E-state index is -0.693. The number of anilines is 2. The van der Waals surface area contributed by atoms with Crippen molar-refractivity contribution in [3.63, 3.8) is 0 Å². The molecule has 2 rings (SSSR count). The lowest BCUT2D eigenvalue weighted by Gasteiger charge is -2.20. The molecule has 1 atom stereocenters. The smallest absolute Gasteiger partial charge is 0.318 e. The highest BCUT2D eigenvalue weighted by Gasteiger charge is 2.22. The lowest BCUT2D eigenvalue weighted by molar-refractivity contribution is -0.118. The molecule has 8 heteroatoms.